The van der Waals surface area contributed by atoms with E-state index in [-0.39, 0.29) is 6.04 Å². The highest BCUT2D eigenvalue weighted by atomic mass is 16.2. The molecule has 0 bridgehead atoms. The van der Waals surface area contributed by atoms with Crippen molar-refractivity contribution in [2.45, 2.75) is 63.5 Å². The number of carbonyl (C=O) groups excluding carboxylic acids is 1. The van der Waals surface area contributed by atoms with Gasteiger partial charge in [0.2, 0.25) is 5.91 Å². The van der Waals surface area contributed by atoms with Crippen LogP contribution in [0.3, 0.4) is 0 Å². The maximum Gasteiger partial charge on any atom is 0.239 e. The monoisotopic (exact) mass is 291 g/mol. The van der Waals surface area contributed by atoms with Crippen molar-refractivity contribution in [2.75, 3.05) is 26.2 Å². The average molecular weight is 291 g/mol. The van der Waals surface area contributed by atoms with Gasteiger partial charge in [-0.15, -0.1) is 0 Å². The first-order valence-corrected chi connectivity index (χ1v) is 9.01. The summed E-state index contributed by atoms with van der Waals surface area (Å²) >= 11 is 0. The van der Waals surface area contributed by atoms with Crippen LogP contribution in [-0.2, 0) is 4.79 Å². The predicted molar refractivity (Wildman–Crippen MR) is 83.0 cm³/mol. The molecule has 1 spiro atoms. The molecular formula is C17H29N3O. The van der Waals surface area contributed by atoms with E-state index in [9.17, 15) is 4.79 Å². The second kappa shape index (κ2) is 5.54. The Morgan fingerprint density at radius 1 is 1.10 bits per heavy atom. The molecule has 0 radical (unpaired) electrons. The molecule has 4 rings (SSSR count). The van der Waals surface area contributed by atoms with Crippen LogP contribution in [0, 0.1) is 11.3 Å². The van der Waals surface area contributed by atoms with Gasteiger partial charge >= 0.3 is 0 Å². The number of nitrogens with one attached hydrogen (secondary N) is 2. The molecule has 4 fully saturated rings. The molecule has 1 amide bonds. The summed E-state index contributed by atoms with van der Waals surface area (Å²) in [5.41, 5.74) is 0.508. The van der Waals surface area contributed by atoms with E-state index in [1.165, 1.54) is 58.0 Å². The van der Waals surface area contributed by atoms with E-state index >= 15 is 0 Å². The standard InChI is InChI=1S/C17H29N3O/c21-16(15-11-13-3-1-2-4-14(13)19-15)20-9-6-17(7-10-20)5-8-18-12-17/h13-15,18-19H,1-12H2. The van der Waals surface area contributed by atoms with Crippen LogP contribution >= 0.6 is 0 Å². The molecule has 1 saturated carbocycles. The van der Waals surface area contributed by atoms with Crippen LogP contribution < -0.4 is 10.6 Å². The Morgan fingerprint density at radius 3 is 2.62 bits per heavy atom. The van der Waals surface area contributed by atoms with Gasteiger partial charge in [0.05, 0.1) is 6.04 Å². The minimum atomic E-state index is 0.119. The molecule has 4 aliphatic rings. The molecule has 3 aliphatic heterocycles. The van der Waals surface area contributed by atoms with Gasteiger partial charge in [0.15, 0.2) is 0 Å². The van der Waals surface area contributed by atoms with Gasteiger partial charge in [0.1, 0.15) is 0 Å². The summed E-state index contributed by atoms with van der Waals surface area (Å²) in [4.78, 5) is 14.9. The zero-order chi connectivity index (χ0) is 14.3. The Morgan fingerprint density at radius 2 is 1.90 bits per heavy atom. The first-order valence-electron chi connectivity index (χ1n) is 9.01. The minimum absolute atomic E-state index is 0.119. The van der Waals surface area contributed by atoms with Crippen molar-refractivity contribution in [1.82, 2.24) is 15.5 Å². The Labute approximate surface area is 128 Å². The largest absolute Gasteiger partial charge is 0.341 e. The fraction of sp³-hybridized carbons (Fsp3) is 0.941. The molecule has 4 nitrogen and oxygen atoms in total. The molecule has 3 saturated heterocycles. The van der Waals surface area contributed by atoms with E-state index in [0.29, 0.717) is 17.4 Å². The lowest BCUT2D eigenvalue weighted by Gasteiger charge is -2.39. The van der Waals surface area contributed by atoms with Crippen LogP contribution in [0.15, 0.2) is 0 Å². The molecule has 1 aliphatic carbocycles. The maximum absolute atomic E-state index is 12.8. The molecule has 0 aromatic heterocycles. The first-order chi connectivity index (χ1) is 10.3. The van der Waals surface area contributed by atoms with E-state index in [1.54, 1.807) is 0 Å². The summed E-state index contributed by atoms with van der Waals surface area (Å²) in [5.74, 6) is 1.16. The summed E-state index contributed by atoms with van der Waals surface area (Å²) in [6.07, 6.45) is 10.1. The van der Waals surface area contributed by atoms with E-state index in [2.05, 4.69) is 15.5 Å². The van der Waals surface area contributed by atoms with E-state index in [1.807, 2.05) is 0 Å². The highest BCUT2D eigenvalue weighted by molar-refractivity contribution is 5.82. The first kappa shape index (κ1) is 14.0. The van der Waals surface area contributed by atoms with Crippen molar-refractivity contribution in [2.24, 2.45) is 11.3 Å². The quantitative estimate of drug-likeness (QED) is 0.770. The highest BCUT2D eigenvalue weighted by Crippen LogP contribution is 2.38. The molecule has 3 heterocycles. The van der Waals surface area contributed by atoms with Crippen molar-refractivity contribution in [3.63, 3.8) is 0 Å². The number of piperidine rings is 1. The zero-order valence-corrected chi connectivity index (χ0v) is 13.1. The van der Waals surface area contributed by atoms with Crippen molar-refractivity contribution in [3.8, 4) is 0 Å². The summed E-state index contributed by atoms with van der Waals surface area (Å²) < 4.78 is 0. The Hall–Kier alpha value is -0.610. The van der Waals surface area contributed by atoms with Gasteiger partial charge in [-0.2, -0.15) is 0 Å². The van der Waals surface area contributed by atoms with Crippen LogP contribution in [0.4, 0.5) is 0 Å². The molecule has 4 heteroatoms. The van der Waals surface area contributed by atoms with Crippen LogP contribution in [0.25, 0.3) is 0 Å². The van der Waals surface area contributed by atoms with Gasteiger partial charge in [-0.1, -0.05) is 12.8 Å². The van der Waals surface area contributed by atoms with Crippen molar-refractivity contribution in [1.29, 1.82) is 0 Å². The van der Waals surface area contributed by atoms with Crippen LogP contribution in [-0.4, -0.2) is 49.1 Å². The Bertz CT molecular complexity index is 381. The lowest BCUT2D eigenvalue weighted by molar-refractivity contribution is -0.135. The van der Waals surface area contributed by atoms with Gasteiger partial charge in [-0.3, -0.25) is 4.79 Å². The molecule has 2 N–H and O–H groups in total. The number of carbonyl (C=O) groups is 1. The second-order valence-electron chi connectivity index (χ2n) is 7.86. The zero-order valence-electron chi connectivity index (χ0n) is 13.1. The van der Waals surface area contributed by atoms with Gasteiger partial charge in [-0.25, -0.2) is 0 Å². The summed E-state index contributed by atoms with van der Waals surface area (Å²) in [7, 11) is 0. The van der Waals surface area contributed by atoms with E-state index < -0.39 is 0 Å². The number of likely N-dealkylation sites (tertiary alicyclic amines) is 1. The number of hydrogen-bond acceptors (Lipinski definition) is 3. The lowest BCUT2D eigenvalue weighted by Crippen LogP contribution is -2.50. The van der Waals surface area contributed by atoms with Crippen LogP contribution in [0.5, 0.6) is 0 Å². The predicted octanol–water partition coefficient (Wildman–Crippen LogP) is 1.51. The number of fused-ring (bicyclic) bond motifs is 1. The maximum atomic E-state index is 12.8. The summed E-state index contributed by atoms with van der Waals surface area (Å²) in [6, 6.07) is 0.747. The van der Waals surface area contributed by atoms with Crippen molar-refractivity contribution >= 4 is 5.91 Å². The molecule has 0 aromatic carbocycles. The topological polar surface area (TPSA) is 44.4 Å². The third-order valence-electron chi connectivity index (χ3n) is 6.63. The van der Waals surface area contributed by atoms with Crippen LogP contribution in [0.2, 0.25) is 0 Å². The smallest absolute Gasteiger partial charge is 0.239 e. The van der Waals surface area contributed by atoms with Gasteiger partial charge in [-0.05, 0) is 56.4 Å². The number of nitrogens with zero attached hydrogens (tertiary/aromatic N) is 1. The fourth-order valence-corrected chi connectivity index (χ4v) is 5.15. The SMILES string of the molecule is O=C(C1CC2CCCCC2N1)N1CCC2(CCNC2)CC1. The molecule has 118 valence electrons. The molecular weight excluding hydrogens is 262 g/mol. The van der Waals surface area contributed by atoms with E-state index in [0.717, 1.165) is 25.4 Å². The normalized spacial score (nSPS) is 38.7. The van der Waals surface area contributed by atoms with E-state index in [4.69, 9.17) is 0 Å². The number of amides is 1. The molecule has 3 atom stereocenters. The molecule has 0 aromatic rings. The van der Waals surface area contributed by atoms with Crippen LogP contribution in [0.1, 0.15) is 51.4 Å². The highest BCUT2D eigenvalue weighted by Gasteiger charge is 2.42. The Kier molecular flexibility index (Phi) is 3.70. The third-order valence-corrected chi connectivity index (χ3v) is 6.63. The summed E-state index contributed by atoms with van der Waals surface area (Å²) in [6.45, 7) is 4.30. The van der Waals surface area contributed by atoms with Crippen molar-refractivity contribution < 1.29 is 4.79 Å². The molecule has 3 unspecified atom stereocenters. The molecule has 21 heavy (non-hydrogen) atoms. The Balaban J connectivity index is 1.34. The lowest BCUT2D eigenvalue weighted by atomic mass is 9.77. The second-order valence-corrected chi connectivity index (χ2v) is 7.86. The average Bonchev–Trinajstić information content (AvgIpc) is 3.14. The minimum Gasteiger partial charge on any atom is -0.341 e. The third kappa shape index (κ3) is 2.61. The number of rotatable bonds is 1. The number of hydrogen-bond donors (Lipinski definition) is 2. The fourth-order valence-electron chi connectivity index (χ4n) is 5.15. The van der Waals surface area contributed by atoms with Gasteiger partial charge < -0.3 is 15.5 Å². The van der Waals surface area contributed by atoms with Gasteiger partial charge in [0.25, 0.3) is 0 Å². The van der Waals surface area contributed by atoms with Gasteiger partial charge in [0, 0.05) is 25.7 Å². The van der Waals surface area contributed by atoms with Crippen molar-refractivity contribution in [3.05, 3.63) is 0 Å². The summed E-state index contributed by atoms with van der Waals surface area (Å²) in [5, 5.41) is 7.15.